The van der Waals surface area contributed by atoms with E-state index in [0.717, 1.165) is 32.1 Å². The molecule has 0 saturated heterocycles. The summed E-state index contributed by atoms with van der Waals surface area (Å²) in [5, 5.41) is 15.2. The molecule has 5 aromatic heterocycles. The smallest absolute Gasteiger partial charge is 0.291 e. The van der Waals surface area contributed by atoms with E-state index < -0.39 is 0 Å². The Labute approximate surface area is 161 Å². The first-order valence-corrected chi connectivity index (χ1v) is 10.2. The van der Waals surface area contributed by atoms with Crippen LogP contribution >= 0.6 is 22.7 Å². The molecule has 27 heavy (non-hydrogen) atoms. The number of nitrogens with zero attached hydrogens (tertiary/aromatic N) is 6. The van der Waals surface area contributed by atoms with Gasteiger partial charge in [-0.3, -0.25) is 9.89 Å². The third-order valence-electron chi connectivity index (χ3n) is 4.52. The number of aromatic nitrogens is 7. The summed E-state index contributed by atoms with van der Waals surface area (Å²) in [5.74, 6) is 0. The van der Waals surface area contributed by atoms with E-state index in [1.165, 1.54) is 4.68 Å². The summed E-state index contributed by atoms with van der Waals surface area (Å²) in [6.07, 6.45) is 4.93. The Morgan fingerprint density at radius 3 is 3.00 bits per heavy atom. The number of aryl methyl sites for hydroxylation is 3. The molecule has 8 nitrogen and oxygen atoms in total. The van der Waals surface area contributed by atoms with Gasteiger partial charge in [-0.15, -0.1) is 22.7 Å². The van der Waals surface area contributed by atoms with E-state index in [9.17, 15) is 4.79 Å². The number of H-pyrrole nitrogens is 1. The summed E-state index contributed by atoms with van der Waals surface area (Å²) in [6, 6.07) is 1.94. The maximum absolute atomic E-state index is 12.9. The van der Waals surface area contributed by atoms with Crippen molar-refractivity contribution in [2.45, 2.75) is 19.4 Å². The predicted molar refractivity (Wildman–Crippen MR) is 105 cm³/mol. The van der Waals surface area contributed by atoms with E-state index in [1.54, 1.807) is 40.6 Å². The molecule has 0 radical (unpaired) electrons. The molecule has 136 valence electrons. The zero-order chi connectivity index (χ0) is 18.4. The highest BCUT2D eigenvalue weighted by Gasteiger charge is 2.18. The molecule has 5 aromatic rings. The van der Waals surface area contributed by atoms with Gasteiger partial charge in [-0.2, -0.15) is 10.2 Å². The fraction of sp³-hybridized carbons (Fsp3) is 0.235. The van der Waals surface area contributed by atoms with E-state index in [4.69, 9.17) is 4.98 Å². The second-order valence-electron chi connectivity index (χ2n) is 6.23. The summed E-state index contributed by atoms with van der Waals surface area (Å²) in [7, 11) is 1.88. The molecule has 0 aliphatic carbocycles. The molecule has 0 aliphatic rings. The lowest BCUT2D eigenvalue weighted by atomic mass is 10.3. The van der Waals surface area contributed by atoms with Crippen LogP contribution in [0.3, 0.4) is 0 Å². The molecule has 5 heterocycles. The first kappa shape index (κ1) is 16.3. The van der Waals surface area contributed by atoms with Crippen LogP contribution < -0.4 is 5.56 Å². The van der Waals surface area contributed by atoms with Crippen LogP contribution in [0.1, 0.15) is 16.4 Å². The van der Waals surface area contributed by atoms with Crippen molar-refractivity contribution >= 4 is 43.9 Å². The fourth-order valence-electron chi connectivity index (χ4n) is 3.19. The van der Waals surface area contributed by atoms with Gasteiger partial charge in [-0.05, 0) is 6.07 Å². The Balaban J connectivity index is 1.54. The monoisotopic (exact) mass is 397 g/mol. The Morgan fingerprint density at radius 1 is 1.30 bits per heavy atom. The van der Waals surface area contributed by atoms with E-state index >= 15 is 0 Å². The molecule has 0 amide bonds. The van der Waals surface area contributed by atoms with Crippen LogP contribution in [0.5, 0.6) is 0 Å². The van der Waals surface area contributed by atoms with Crippen molar-refractivity contribution in [1.82, 2.24) is 34.5 Å². The molecule has 10 heteroatoms. The molecular weight excluding hydrogens is 382 g/mol. The van der Waals surface area contributed by atoms with E-state index in [2.05, 4.69) is 20.3 Å². The Bertz CT molecular complexity index is 1280. The average Bonchev–Trinajstić information content (AvgIpc) is 3.43. The second kappa shape index (κ2) is 6.39. The third kappa shape index (κ3) is 2.77. The van der Waals surface area contributed by atoms with Crippen LogP contribution in [0.4, 0.5) is 0 Å². The molecule has 0 unspecified atom stereocenters. The molecule has 0 atom stereocenters. The number of fused-ring (bicyclic) bond motifs is 3. The quantitative estimate of drug-likeness (QED) is 0.491. The Kier molecular flexibility index (Phi) is 3.87. The highest BCUT2D eigenvalue weighted by atomic mass is 32.1. The predicted octanol–water partition coefficient (Wildman–Crippen LogP) is 2.36. The summed E-state index contributed by atoms with van der Waals surface area (Å²) in [4.78, 5) is 21.9. The minimum atomic E-state index is -0.0933. The maximum atomic E-state index is 12.9. The fourth-order valence-corrected chi connectivity index (χ4v) is 4.91. The Hall–Kier alpha value is -2.85. The van der Waals surface area contributed by atoms with Gasteiger partial charge in [0.15, 0.2) is 5.65 Å². The molecule has 0 bridgehead atoms. The van der Waals surface area contributed by atoms with Crippen molar-refractivity contribution in [3.63, 3.8) is 0 Å². The zero-order valence-electron chi connectivity index (χ0n) is 14.4. The number of aromatic amines is 1. The normalized spacial score (nSPS) is 11.7. The van der Waals surface area contributed by atoms with Crippen molar-refractivity contribution in [2.24, 2.45) is 7.05 Å². The van der Waals surface area contributed by atoms with Gasteiger partial charge in [0.1, 0.15) is 10.5 Å². The van der Waals surface area contributed by atoms with Crippen molar-refractivity contribution in [1.29, 1.82) is 0 Å². The molecule has 0 saturated carbocycles. The van der Waals surface area contributed by atoms with E-state index in [0.29, 0.717) is 24.9 Å². The van der Waals surface area contributed by atoms with Crippen LogP contribution in [0.15, 0.2) is 34.1 Å². The van der Waals surface area contributed by atoms with Gasteiger partial charge in [0.05, 0.1) is 34.3 Å². The number of hydrogen-bond donors (Lipinski definition) is 1. The molecule has 0 aliphatic heterocycles. The highest BCUT2D eigenvalue weighted by Crippen LogP contribution is 2.31. The van der Waals surface area contributed by atoms with Crippen LogP contribution in [0.2, 0.25) is 0 Å². The molecule has 0 fully saturated rings. The van der Waals surface area contributed by atoms with Gasteiger partial charge in [-0.1, -0.05) is 0 Å². The van der Waals surface area contributed by atoms with Crippen LogP contribution in [0, 0.1) is 0 Å². The van der Waals surface area contributed by atoms with Crippen molar-refractivity contribution in [2.75, 3.05) is 0 Å². The van der Waals surface area contributed by atoms with Gasteiger partial charge < -0.3 is 4.57 Å². The minimum Gasteiger partial charge on any atom is -0.323 e. The summed E-state index contributed by atoms with van der Waals surface area (Å²) in [6.45, 7) is 0.509. The first-order chi connectivity index (χ1) is 13.2. The zero-order valence-corrected chi connectivity index (χ0v) is 16.0. The van der Waals surface area contributed by atoms with Gasteiger partial charge in [-0.25, -0.2) is 14.6 Å². The van der Waals surface area contributed by atoms with Gasteiger partial charge >= 0.3 is 0 Å². The van der Waals surface area contributed by atoms with Gasteiger partial charge in [0, 0.05) is 36.9 Å². The van der Waals surface area contributed by atoms with Crippen LogP contribution in [-0.2, 0) is 26.4 Å². The second-order valence-corrected chi connectivity index (χ2v) is 8.03. The van der Waals surface area contributed by atoms with Crippen LogP contribution in [-0.4, -0.2) is 34.5 Å². The lowest BCUT2D eigenvalue weighted by Crippen LogP contribution is -2.25. The standard InChI is InChI=1S/C17H15N7OS2/c1-23-14-12(7-20-24(17(14)25)5-3-11-8-26-9-18-11)15-16(23)21-13(27-15)6-10-2-4-19-22-10/h2,4,7-9H,3,5-6H2,1H3,(H,19,22). The number of nitrogens with one attached hydrogen (secondary N) is 1. The summed E-state index contributed by atoms with van der Waals surface area (Å²) < 4.78 is 4.38. The van der Waals surface area contributed by atoms with E-state index in [1.807, 2.05) is 23.1 Å². The third-order valence-corrected chi connectivity index (χ3v) is 6.24. The summed E-state index contributed by atoms with van der Waals surface area (Å²) >= 11 is 3.14. The summed E-state index contributed by atoms with van der Waals surface area (Å²) in [5.41, 5.74) is 5.09. The lowest BCUT2D eigenvalue weighted by molar-refractivity contribution is 0.578. The SMILES string of the molecule is Cn1c2nc(Cc3cc[nH]n3)sc2c2cnn(CCc3cscn3)c(=O)c21. The lowest BCUT2D eigenvalue weighted by Gasteiger charge is -2.04. The first-order valence-electron chi connectivity index (χ1n) is 8.40. The van der Waals surface area contributed by atoms with E-state index in [-0.39, 0.29) is 5.56 Å². The largest absolute Gasteiger partial charge is 0.323 e. The average molecular weight is 397 g/mol. The highest BCUT2D eigenvalue weighted by molar-refractivity contribution is 7.19. The molecule has 1 N–H and O–H groups in total. The number of hydrogen-bond acceptors (Lipinski definition) is 7. The van der Waals surface area contributed by atoms with Crippen LogP contribution in [0.25, 0.3) is 21.3 Å². The Morgan fingerprint density at radius 2 is 2.22 bits per heavy atom. The molecular formula is C17H15N7OS2. The maximum Gasteiger partial charge on any atom is 0.291 e. The number of rotatable bonds is 5. The topological polar surface area (TPSA) is 94.3 Å². The minimum absolute atomic E-state index is 0.0933. The van der Waals surface area contributed by atoms with Gasteiger partial charge in [0.25, 0.3) is 5.56 Å². The molecule has 5 rings (SSSR count). The van der Waals surface area contributed by atoms with Crippen molar-refractivity contribution in [3.05, 3.63) is 56.1 Å². The van der Waals surface area contributed by atoms with Crippen molar-refractivity contribution < 1.29 is 0 Å². The molecule has 0 spiro atoms. The van der Waals surface area contributed by atoms with Crippen molar-refractivity contribution in [3.8, 4) is 0 Å². The molecule has 0 aromatic carbocycles. The number of thiazole rings is 2. The van der Waals surface area contributed by atoms with Gasteiger partial charge in [0.2, 0.25) is 0 Å².